The van der Waals surface area contributed by atoms with Crippen molar-refractivity contribution in [3.63, 3.8) is 0 Å². The van der Waals surface area contributed by atoms with Crippen LogP contribution >= 0.6 is 0 Å². The number of carbonyl (C=O) groups excluding carboxylic acids is 3. The van der Waals surface area contributed by atoms with Crippen LogP contribution < -0.4 is 0 Å². The maximum absolute atomic E-state index is 12.7. The zero-order chi connectivity index (χ0) is 23.2. The fourth-order valence-corrected chi connectivity index (χ4v) is 4.63. The molecule has 0 N–H and O–H groups in total. The molecule has 0 spiro atoms. The number of benzene rings is 2. The second kappa shape index (κ2) is 10.4. The molecule has 5 atom stereocenters. The summed E-state index contributed by atoms with van der Waals surface area (Å²) in [5.41, 5.74) is 1.60. The van der Waals surface area contributed by atoms with Gasteiger partial charge in [0.25, 0.3) is 0 Å². The molecule has 1 saturated carbocycles. The number of aryl methyl sites for hydroxylation is 1. The van der Waals surface area contributed by atoms with Crippen molar-refractivity contribution < 1.29 is 28.6 Å². The first-order valence-electron chi connectivity index (χ1n) is 11.2. The van der Waals surface area contributed by atoms with Gasteiger partial charge in [0, 0.05) is 25.7 Å². The van der Waals surface area contributed by atoms with Gasteiger partial charge in [-0.15, -0.1) is 0 Å². The lowest BCUT2D eigenvalue weighted by molar-refractivity contribution is -0.148. The minimum absolute atomic E-state index is 0.193. The fourth-order valence-electron chi connectivity index (χ4n) is 4.63. The van der Waals surface area contributed by atoms with Crippen LogP contribution in [-0.4, -0.2) is 36.2 Å². The molecule has 1 aliphatic heterocycles. The molecule has 170 valence electrons. The van der Waals surface area contributed by atoms with Gasteiger partial charge in [-0.05, 0) is 24.1 Å². The summed E-state index contributed by atoms with van der Waals surface area (Å²) in [5.74, 6) is 4.31. The molecule has 1 aliphatic carbocycles. The summed E-state index contributed by atoms with van der Waals surface area (Å²) in [7, 11) is 0. The Morgan fingerprint density at radius 3 is 2.48 bits per heavy atom. The summed E-state index contributed by atoms with van der Waals surface area (Å²) in [6, 6.07) is 18.7. The molecule has 4 rings (SSSR count). The van der Waals surface area contributed by atoms with Gasteiger partial charge in [0.2, 0.25) is 0 Å². The van der Waals surface area contributed by atoms with Crippen molar-refractivity contribution in [1.29, 1.82) is 0 Å². The zero-order valence-electron chi connectivity index (χ0n) is 18.4. The Kier molecular flexibility index (Phi) is 7.09. The third-order valence-electron chi connectivity index (χ3n) is 6.09. The van der Waals surface area contributed by atoms with Crippen molar-refractivity contribution in [3.8, 4) is 11.8 Å². The lowest BCUT2D eigenvalue weighted by Gasteiger charge is -2.27. The van der Waals surface area contributed by atoms with Crippen molar-refractivity contribution in [2.24, 2.45) is 11.8 Å². The number of esters is 3. The predicted octanol–water partition coefficient (Wildman–Crippen LogP) is 3.73. The average Bonchev–Trinajstić information content (AvgIpc) is 3.32. The minimum Gasteiger partial charge on any atom is -0.462 e. The molecule has 2 aromatic rings. The van der Waals surface area contributed by atoms with Crippen LogP contribution in [0, 0.1) is 23.7 Å². The number of ether oxygens (including phenoxy) is 3. The lowest BCUT2D eigenvalue weighted by atomic mass is 9.87. The van der Waals surface area contributed by atoms with Gasteiger partial charge in [0.05, 0.1) is 17.9 Å². The Bertz CT molecular complexity index is 1050. The Morgan fingerprint density at radius 2 is 1.79 bits per heavy atom. The molecule has 1 saturated heterocycles. The first kappa shape index (κ1) is 22.6. The minimum atomic E-state index is -0.795. The summed E-state index contributed by atoms with van der Waals surface area (Å²) in [6.45, 7) is 1.33. The largest absolute Gasteiger partial charge is 0.462 e. The molecule has 0 bridgehead atoms. The highest BCUT2D eigenvalue weighted by molar-refractivity contribution is 5.89. The Balaban J connectivity index is 1.53. The van der Waals surface area contributed by atoms with Gasteiger partial charge in [0.15, 0.2) is 6.10 Å². The van der Waals surface area contributed by atoms with Crippen LogP contribution in [0.1, 0.15) is 42.1 Å². The van der Waals surface area contributed by atoms with Crippen LogP contribution in [0.4, 0.5) is 0 Å². The van der Waals surface area contributed by atoms with Crippen LogP contribution in [0.3, 0.4) is 0 Å². The van der Waals surface area contributed by atoms with E-state index in [1.807, 2.05) is 36.4 Å². The van der Waals surface area contributed by atoms with Gasteiger partial charge in [0.1, 0.15) is 12.2 Å². The van der Waals surface area contributed by atoms with Crippen molar-refractivity contribution in [2.75, 3.05) is 0 Å². The summed E-state index contributed by atoms with van der Waals surface area (Å²) in [5, 5.41) is 0. The predicted molar refractivity (Wildman–Crippen MR) is 120 cm³/mol. The summed E-state index contributed by atoms with van der Waals surface area (Å²) >= 11 is 0. The van der Waals surface area contributed by atoms with Gasteiger partial charge in [-0.25, -0.2) is 4.79 Å². The lowest BCUT2D eigenvalue weighted by Crippen LogP contribution is -2.37. The number of rotatable bonds is 6. The van der Waals surface area contributed by atoms with Gasteiger partial charge in [-0.3, -0.25) is 9.59 Å². The van der Waals surface area contributed by atoms with E-state index in [9.17, 15) is 14.4 Å². The van der Waals surface area contributed by atoms with Gasteiger partial charge in [-0.2, -0.15) is 0 Å². The molecule has 1 unspecified atom stereocenters. The topological polar surface area (TPSA) is 78.9 Å². The number of carbonyl (C=O) groups is 3. The summed E-state index contributed by atoms with van der Waals surface area (Å²) in [4.78, 5) is 36.5. The number of fused-ring (bicyclic) bond motifs is 1. The first-order chi connectivity index (χ1) is 16.0. The van der Waals surface area contributed by atoms with E-state index in [1.165, 1.54) is 12.5 Å². The van der Waals surface area contributed by atoms with E-state index in [-0.39, 0.29) is 24.4 Å². The molecular formula is C27H26O6. The highest BCUT2D eigenvalue weighted by Gasteiger charge is 2.55. The van der Waals surface area contributed by atoms with Gasteiger partial charge < -0.3 is 14.2 Å². The van der Waals surface area contributed by atoms with E-state index in [1.54, 1.807) is 24.3 Å². The van der Waals surface area contributed by atoms with Crippen LogP contribution in [-0.2, 0) is 30.2 Å². The monoisotopic (exact) mass is 446 g/mol. The van der Waals surface area contributed by atoms with E-state index in [0.717, 1.165) is 6.42 Å². The molecule has 2 aliphatic rings. The van der Waals surface area contributed by atoms with E-state index in [0.29, 0.717) is 18.4 Å². The van der Waals surface area contributed by atoms with Gasteiger partial charge in [-0.1, -0.05) is 60.4 Å². The van der Waals surface area contributed by atoms with Crippen LogP contribution in [0.2, 0.25) is 0 Å². The molecule has 1 heterocycles. The molecule has 0 amide bonds. The van der Waals surface area contributed by atoms with Crippen molar-refractivity contribution >= 4 is 17.9 Å². The zero-order valence-corrected chi connectivity index (χ0v) is 18.4. The Labute approximate surface area is 193 Å². The standard InChI is InChI=1S/C27H26O6/c1-18(28)31-22(15-9-8-12-19-10-4-2-5-11-19)26-21-16-25(29)32-23(21)17-24(26)33-27(30)20-13-6-3-7-14-20/h2-7,10-11,13-14,21-24,26H,8,12,16-17H2,1H3/t21-,22?,23-,24+,26-/m0/s1. The molecule has 0 radical (unpaired) electrons. The SMILES string of the molecule is CC(=O)OC(C#CCCc1ccccc1)[C@@H]1[C@H]2CC(=O)O[C@H]2C[C@H]1OC(=O)c1ccccc1. The van der Waals surface area contributed by atoms with Crippen molar-refractivity contribution in [2.45, 2.75) is 50.9 Å². The molecule has 2 fully saturated rings. The highest BCUT2D eigenvalue weighted by atomic mass is 16.6. The Morgan fingerprint density at radius 1 is 1.09 bits per heavy atom. The summed E-state index contributed by atoms with van der Waals surface area (Å²) < 4.78 is 16.9. The maximum Gasteiger partial charge on any atom is 0.338 e. The van der Waals surface area contributed by atoms with Crippen LogP contribution in [0.15, 0.2) is 60.7 Å². The quantitative estimate of drug-likeness (QED) is 0.382. The first-order valence-corrected chi connectivity index (χ1v) is 11.2. The molecule has 0 aromatic heterocycles. The van der Waals surface area contributed by atoms with Gasteiger partial charge >= 0.3 is 17.9 Å². The van der Waals surface area contributed by atoms with E-state index < -0.39 is 30.1 Å². The Hall–Kier alpha value is -3.59. The highest BCUT2D eigenvalue weighted by Crippen LogP contribution is 2.45. The second-order valence-electron chi connectivity index (χ2n) is 8.36. The summed E-state index contributed by atoms with van der Waals surface area (Å²) in [6.07, 6.45) is 0.171. The van der Waals surface area contributed by atoms with Crippen molar-refractivity contribution in [1.82, 2.24) is 0 Å². The second-order valence-corrected chi connectivity index (χ2v) is 8.36. The van der Waals surface area contributed by atoms with E-state index in [2.05, 4.69) is 11.8 Å². The smallest absolute Gasteiger partial charge is 0.338 e. The van der Waals surface area contributed by atoms with E-state index in [4.69, 9.17) is 14.2 Å². The number of hydrogen-bond donors (Lipinski definition) is 0. The maximum atomic E-state index is 12.7. The van der Waals surface area contributed by atoms with Crippen molar-refractivity contribution in [3.05, 3.63) is 71.8 Å². The van der Waals surface area contributed by atoms with Crippen LogP contribution in [0.5, 0.6) is 0 Å². The molecule has 6 heteroatoms. The third-order valence-corrected chi connectivity index (χ3v) is 6.09. The molecule has 2 aromatic carbocycles. The normalized spacial score (nSPS) is 24.1. The van der Waals surface area contributed by atoms with E-state index >= 15 is 0 Å². The fraction of sp³-hybridized carbons (Fsp3) is 0.370. The molecular weight excluding hydrogens is 420 g/mol. The van der Waals surface area contributed by atoms with Crippen LogP contribution in [0.25, 0.3) is 0 Å². The average molecular weight is 446 g/mol. The molecule has 6 nitrogen and oxygen atoms in total. The molecule has 33 heavy (non-hydrogen) atoms. The third kappa shape index (κ3) is 5.61. The number of hydrogen-bond acceptors (Lipinski definition) is 6.